The highest BCUT2D eigenvalue weighted by atomic mass is 35.5. The van der Waals surface area contributed by atoms with Gasteiger partial charge in [0.15, 0.2) is 0 Å². The summed E-state index contributed by atoms with van der Waals surface area (Å²) in [5.74, 6) is -0.456. The van der Waals surface area contributed by atoms with Crippen molar-refractivity contribution >= 4 is 40.6 Å². The van der Waals surface area contributed by atoms with E-state index in [1.54, 1.807) is 29.4 Å². The number of halogens is 3. The molecule has 1 fully saturated rings. The highest BCUT2D eigenvalue weighted by molar-refractivity contribution is 6.38. The van der Waals surface area contributed by atoms with Crippen LogP contribution in [0.25, 0.3) is 0 Å². The van der Waals surface area contributed by atoms with Crippen LogP contribution in [0.5, 0.6) is 0 Å². The number of aromatic nitrogens is 1. The minimum atomic E-state index is -0.456. The van der Waals surface area contributed by atoms with Crippen LogP contribution in [0.2, 0.25) is 10.0 Å². The Morgan fingerprint density at radius 2 is 1.80 bits per heavy atom. The molecular formula is C17H17Cl2FN4O. The molecule has 132 valence electrons. The first-order valence-corrected chi connectivity index (χ1v) is 8.66. The van der Waals surface area contributed by atoms with Crippen LogP contribution in [-0.2, 0) is 0 Å². The van der Waals surface area contributed by atoms with Crippen molar-refractivity contribution in [2.45, 2.75) is 6.42 Å². The van der Waals surface area contributed by atoms with Crippen LogP contribution in [0.15, 0.2) is 36.7 Å². The third kappa shape index (κ3) is 4.14. The Hall–Kier alpha value is -2.05. The van der Waals surface area contributed by atoms with E-state index in [2.05, 4.69) is 10.3 Å². The predicted molar refractivity (Wildman–Crippen MR) is 98.1 cm³/mol. The Labute approximate surface area is 155 Å². The van der Waals surface area contributed by atoms with Gasteiger partial charge in [-0.25, -0.2) is 9.18 Å². The van der Waals surface area contributed by atoms with Crippen LogP contribution in [0.1, 0.15) is 6.42 Å². The summed E-state index contributed by atoms with van der Waals surface area (Å²) in [6.07, 6.45) is 3.85. The van der Waals surface area contributed by atoms with Crippen LogP contribution in [-0.4, -0.2) is 42.1 Å². The van der Waals surface area contributed by atoms with Crippen molar-refractivity contribution in [1.29, 1.82) is 0 Å². The smallest absolute Gasteiger partial charge is 0.321 e. The van der Waals surface area contributed by atoms with Crippen LogP contribution in [0.4, 0.5) is 20.6 Å². The van der Waals surface area contributed by atoms with Gasteiger partial charge in [-0.15, -0.1) is 0 Å². The summed E-state index contributed by atoms with van der Waals surface area (Å²) < 4.78 is 13.7. The molecule has 2 heterocycles. The van der Waals surface area contributed by atoms with Gasteiger partial charge in [0.1, 0.15) is 5.82 Å². The maximum atomic E-state index is 13.7. The minimum Gasteiger partial charge on any atom is -0.367 e. The van der Waals surface area contributed by atoms with E-state index in [9.17, 15) is 9.18 Å². The topological polar surface area (TPSA) is 48.5 Å². The second-order valence-electron chi connectivity index (χ2n) is 5.69. The van der Waals surface area contributed by atoms with Gasteiger partial charge in [0.25, 0.3) is 0 Å². The van der Waals surface area contributed by atoms with E-state index >= 15 is 0 Å². The number of pyridine rings is 1. The first-order valence-electron chi connectivity index (χ1n) is 7.90. The third-order valence-corrected chi connectivity index (χ3v) is 4.60. The average molecular weight is 383 g/mol. The summed E-state index contributed by atoms with van der Waals surface area (Å²) >= 11 is 12.4. The van der Waals surface area contributed by atoms with Gasteiger partial charge in [0, 0.05) is 38.6 Å². The summed E-state index contributed by atoms with van der Waals surface area (Å²) in [5, 5.41) is 3.58. The number of carbonyl (C=O) groups excluding carboxylic acids is 1. The Morgan fingerprint density at radius 1 is 1.08 bits per heavy atom. The summed E-state index contributed by atoms with van der Waals surface area (Å²) in [6.45, 7) is 2.34. The minimum absolute atomic E-state index is 0.175. The van der Waals surface area contributed by atoms with Crippen LogP contribution < -0.4 is 10.2 Å². The Bertz CT molecular complexity index is 754. The number of carbonyl (C=O) groups is 1. The second kappa shape index (κ2) is 7.89. The lowest BCUT2D eigenvalue weighted by atomic mass is 10.3. The fourth-order valence-corrected chi connectivity index (χ4v) is 3.41. The van der Waals surface area contributed by atoms with E-state index in [1.165, 1.54) is 12.1 Å². The SMILES string of the molecule is O=C(Nc1ccccc1F)N1CCCN(c2c(Cl)cncc2Cl)CC1. The monoisotopic (exact) mass is 382 g/mol. The van der Waals surface area contributed by atoms with Crippen molar-refractivity contribution in [1.82, 2.24) is 9.88 Å². The molecule has 1 N–H and O–H groups in total. The molecule has 0 aliphatic carbocycles. The van der Waals surface area contributed by atoms with Gasteiger partial charge >= 0.3 is 6.03 Å². The number of para-hydroxylation sites is 1. The number of nitrogens with zero attached hydrogens (tertiary/aromatic N) is 3. The quantitative estimate of drug-likeness (QED) is 0.843. The summed E-state index contributed by atoms with van der Waals surface area (Å²) in [5.41, 5.74) is 0.906. The number of nitrogens with one attached hydrogen (secondary N) is 1. The number of urea groups is 1. The third-order valence-electron chi connectivity index (χ3n) is 4.04. The molecule has 2 aromatic rings. The van der Waals surface area contributed by atoms with Crippen molar-refractivity contribution in [3.05, 3.63) is 52.5 Å². The zero-order valence-electron chi connectivity index (χ0n) is 13.4. The first kappa shape index (κ1) is 17.8. The standard InChI is InChI=1S/C17H17Cl2FN4O/c18-12-10-21-11-13(19)16(12)23-6-3-7-24(9-8-23)17(25)22-15-5-2-1-4-14(15)20/h1-2,4-5,10-11H,3,6-9H2,(H,22,25). The summed E-state index contributed by atoms with van der Waals surface area (Å²) in [4.78, 5) is 20.1. The Kier molecular flexibility index (Phi) is 5.60. The maximum Gasteiger partial charge on any atom is 0.321 e. The van der Waals surface area contributed by atoms with Crippen molar-refractivity contribution in [2.24, 2.45) is 0 Å². The molecule has 0 radical (unpaired) electrons. The van der Waals surface area contributed by atoms with Gasteiger partial charge in [-0.3, -0.25) is 4.98 Å². The normalized spacial score (nSPS) is 15.0. The van der Waals surface area contributed by atoms with E-state index in [0.29, 0.717) is 36.2 Å². The number of benzene rings is 1. The Morgan fingerprint density at radius 3 is 2.52 bits per heavy atom. The molecule has 25 heavy (non-hydrogen) atoms. The highest BCUT2D eigenvalue weighted by Crippen LogP contribution is 2.33. The molecule has 1 aromatic heterocycles. The molecule has 0 atom stereocenters. The van der Waals surface area contributed by atoms with Gasteiger partial charge in [0.05, 0.1) is 21.4 Å². The van der Waals surface area contributed by atoms with E-state index in [4.69, 9.17) is 23.2 Å². The lowest BCUT2D eigenvalue weighted by molar-refractivity contribution is 0.215. The van der Waals surface area contributed by atoms with Crippen molar-refractivity contribution in [3.63, 3.8) is 0 Å². The lowest BCUT2D eigenvalue weighted by Crippen LogP contribution is -2.38. The first-order chi connectivity index (χ1) is 12.1. The molecule has 1 aromatic carbocycles. The average Bonchev–Trinajstić information content (AvgIpc) is 2.83. The van der Waals surface area contributed by atoms with Crippen molar-refractivity contribution < 1.29 is 9.18 Å². The molecule has 2 amide bonds. The van der Waals surface area contributed by atoms with E-state index in [1.807, 2.05) is 4.90 Å². The lowest BCUT2D eigenvalue weighted by Gasteiger charge is -2.25. The Balaban J connectivity index is 1.67. The van der Waals surface area contributed by atoms with Crippen LogP contribution in [0, 0.1) is 5.82 Å². The highest BCUT2D eigenvalue weighted by Gasteiger charge is 2.22. The molecule has 0 bridgehead atoms. The van der Waals surface area contributed by atoms with Gasteiger partial charge in [-0.1, -0.05) is 35.3 Å². The molecular weight excluding hydrogens is 366 g/mol. The maximum absolute atomic E-state index is 13.7. The van der Waals surface area contributed by atoms with Crippen molar-refractivity contribution in [2.75, 3.05) is 36.4 Å². The number of hydrogen-bond acceptors (Lipinski definition) is 3. The van der Waals surface area contributed by atoms with Crippen molar-refractivity contribution in [3.8, 4) is 0 Å². The molecule has 1 aliphatic rings. The number of hydrogen-bond donors (Lipinski definition) is 1. The number of rotatable bonds is 2. The summed E-state index contributed by atoms with van der Waals surface area (Å²) in [7, 11) is 0. The summed E-state index contributed by atoms with van der Waals surface area (Å²) in [6, 6.07) is 5.79. The molecule has 1 saturated heterocycles. The molecule has 0 saturated carbocycles. The largest absolute Gasteiger partial charge is 0.367 e. The fourth-order valence-electron chi connectivity index (χ4n) is 2.81. The van der Waals surface area contributed by atoms with E-state index < -0.39 is 5.82 Å². The van der Waals surface area contributed by atoms with E-state index in [0.717, 1.165) is 12.1 Å². The van der Waals surface area contributed by atoms with Crippen LogP contribution in [0.3, 0.4) is 0 Å². The van der Waals surface area contributed by atoms with Gasteiger partial charge in [-0.05, 0) is 18.6 Å². The van der Waals surface area contributed by atoms with Gasteiger partial charge < -0.3 is 15.1 Å². The zero-order chi connectivity index (χ0) is 17.8. The van der Waals surface area contributed by atoms with E-state index in [-0.39, 0.29) is 11.7 Å². The second-order valence-corrected chi connectivity index (χ2v) is 6.50. The van der Waals surface area contributed by atoms with Gasteiger partial charge in [0.2, 0.25) is 0 Å². The molecule has 0 unspecified atom stereocenters. The number of anilines is 2. The van der Waals surface area contributed by atoms with Crippen LogP contribution >= 0.6 is 23.2 Å². The zero-order valence-corrected chi connectivity index (χ0v) is 14.9. The molecule has 5 nitrogen and oxygen atoms in total. The molecule has 0 spiro atoms. The van der Waals surface area contributed by atoms with Gasteiger partial charge in [-0.2, -0.15) is 0 Å². The fraction of sp³-hybridized carbons (Fsp3) is 0.294. The molecule has 1 aliphatic heterocycles. The molecule has 3 rings (SSSR count). The molecule has 8 heteroatoms. The predicted octanol–water partition coefficient (Wildman–Crippen LogP) is 4.27. The number of amides is 2.